The molecule has 3 N–H and O–H groups in total. The summed E-state index contributed by atoms with van der Waals surface area (Å²) in [5.41, 5.74) is 7.41. The number of halogens is 2. The maximum absolute atomic E-state index is 14.5. The number of guanidine groups is 1. The van der Waals surface area contributed by atoms with Crippen LogP contribution in [0.2, 0.25) is 0 Å². The van der Waals surface area contributed by atoms with Gasteiger partial charge >= 0.3 is 0 Å². The molecule has 1 fully saturated rings. The summed E-state index contributed by atoms with van der Waals surface area (Å²) in [6, 6.07) is 9.52. The molecule has 0 amide bonds. The van der Waals surface area contributed by atoms with Gasteiger partial charge < -0.3 is 20.9 Å². The second kappa shape index (κ2) is 11.6. The van der Waals surface area contributed by atoms with Crippen molar-refractivity contribution in [1.82, 2.24) is 10.2 Å². The second-order valence-corrected chi connectivity index (χ2v) is 7.70. The number of likely N-dealkylation sites (N-methyl/N-ethyl adjacent to an activating group) is 1. The topological polar surface area (TPSA) is 56.9 Å². The predicted molar refractivity (Wildman–Crippen MR) is 127 cm³/mol. The maximum atomic E-state index is 14.5. The Hall–Kier alpha value is -1.39. The molecule has 5 nitrogen and oxygen atoms in total. The van der Waals surface area contributed by atoms with E-state index in [4.69, 9.17) is 5.73 Å². The van der Waals surface area contributed by atoms with Gasteiger partial charge in [0.15, 0.2) is 5.96 Å². The van der Waals surface area contributed by atoms with E-state index in [1.165, 1.54) is 4.88 Å². The summed E-state index contributed by atoms with van der Waals surface area (Å²) in [5.74, 6) is 0.212. The van der Waals surface area contributed by atoms with E-state index >= 15 is 0 Å². The van der Waals surface area contributed by atoms with Crippen molar-refractivity contribution in [1.29, 1.82) is 0 Å². The molecule has 0 atom stereocenters. The maximum Gasteiger partial charge on any atom is 0.188 e. The predicted octanol–water partition coefficient (Wildman–Crippen LogP) is 3.29. The summed E-state index contributed by atoms with van der Waals surface area (Å²) in [6.45, 7) is 8.02. The quantitative estimate of drug-likeness (QED) is 0.336. The third-order valence-electron chi connectivity index (χ3n) is 4.86. The van der Waals surface area contributed by atoms with E-state index in [2.05, 4.69) is 38.5 Å². The molecule has 28 heavy (non-hydrogen) atoms. The second-order valence-electron chi connectivity index (χ2n) is 6.66. The van der Waals surface area contributed by atoms with Gasteiger partial charge in [0.05, 0.1) is 12.2 Å². The van der Waals surface area contributed by atoms with Gasteiger partial charge in [-0.3, -0.25) is 0 Å². The van der Waals surface area contributed by atoms with Crippen molar-refractivity contribution in [2.45, 2.75) is 19.9 Å². The van der Waals surface area contributed by atoms with Crippen molar-refractivity contribution < 1.29 is 4.39 Å². The monoisotopic (exact) mass is 517 g/mol. The van der Waals surface area contributed by atoms with Crippen LogP contribution in [-0.4, -0.2) is 50.1 Å². The van der Waals surface area contributed by atoms with Gasteiger partial charge in [0.25, 0.3) is 0 Å². The van der Waals surface area contributed by atoms with Crippen molar-refractivity contribution in [2.75, 3.05) is 44.2 Å². The van der Waals surface area contributed by atoms with E-state index in [0.717, 1.165) is 51.3 Å². The van der Waals surface area contributed by atoms with Crippen LogP contribution in [0, 0.1) is 5.82 Å². The molecule has 0 aliphatic carbocycles. The number of anilines is 1. The lowest BCUT2D eigenvalue weighted by atomic mass is 10.1. The molecule has 2 heterocycles. The Kier molecular flexibility index (Phi) is 9.46. The number of piperazine rings is 1. The summed E-state index contributed by atoms with van der Waals surface area (Å²) in [6.07, 6.45) is 0.919. The smallest absolute Gasteiger partial charge is 0.188 e. The Balaban J connectivity index is 0.00000280. The molecule has 1 aliphatic rings. The number of hydrogen-bond acceptors (Lipinski definition) is 4. The van der Waals surface area contributed by atoms with Gasteiger partial charge in [-0.1, -0.05) is 19.1 Å². The van der Waals surface area contributed by atoms with Gasteiger partial charge in [0.2, 0.25) is 0 Å². The largest absolute Gasteiger partial charge is 0.370 e. The highest BCUT2D eigenvalue weighted by atomic mass is 127. The highest BCUT2D eigenvalue weighted by Gasteiger charge is 2.18. The summed E-state index contributed by atoms with van der Waals surface area (Å²) < 4.78 is 14.5. The lowest BCUT2D eigenvalue weighted by Crippen LogP contribution is -2.46. The molecule has 3 rings (SSSR count). The molecule has 1 saturated heterocycles. The van der Waals surface area contributed by atoms with Crippen LogP contribution in [0.1, 0.15) is 17.4 Å². The summed E-state index contributed by atoms with van der Waals surface area (Å²) in [7, 11) is 0. The zero-order valence-corrected chi connectivity index (χ0v) is 19.4. The first-order valence-corrected chi connectivity index (χ1v) is 10.4. The van der Waals surface area contributed by atoms with Crippen LogP contribution < -0.4 is 16.0 Å². The fraction of sp³-hybridized carbons (Fsp3) is 0.450. The normalized spacial score (nSPS) is 15.4. The van der Waals surface area contributed by atoms with Gasteiger partial charge in [-0.2, -0.15) is 0 Å². The summed E-state index contributed by atoms with van der Waals surface area (Å²) in [5, 5.41) is 5.17. The molecule has 1 aromatic heterocycles. The molecule has 0 saturated carbocycles. The molecule has 0 unspecified atom stereocenters. The lowest BCUT2D eigenvalue weighted by Gasteiger charge is -2.35. The average Bonchev–Trinajstić information content (AvgIpc) is 3.20. The van der Waals surface area contributed by atoms with Crippen LogP contribution in [-0.2, 0) is 13.0 Å². The summed E-state index contributed by atoms with van der Waals surface area (Å²) in [4.78, 5) is 10.1. The van der Waals surface area contributed by atoms with Gasteiger partial charge in [0.1, 0.15) is 5.82 Å². The molecule has 8 heteroatoms. The molecule has 1 aliphatic heterocycles. The molecule has 2 aromatic rings. The standard InChI is InChI=1S/C20H28FN5S.HI/c1-2-25-9-11-26(12-10-25)19-6-5-16(14-18(19)21)15-24-20(22)23-8-7-17-4-3-13-27-17;/h3-6,13-14H,2,7-12,15H2,1H3,(H3,22,23,24);1H. The van der Waals surface area contributed by atoms with E-state index in [-0.39, 0.29) is 29.8 Å². The Morgan fingerprint density at radius 2 is 2.04 bits per heavy atom. The van der Waals surface area contributed by atoms with Crippen LogP contribution in [0.5, 0.6) is 0 Å². The molecule has 0 radical (unpaired) electrons. The number of hydrogen-bond donors (Lipinski definition) is 2. The van der Waals surface area contributed by atoms with Crippen molar-refractivity contribution in [3.8, 4) is 0 Å². The Bertz CT molecular complexity index is 745. The van der Waals surface area contributed by atoms with Crippen molar-refractivity contribution >= 4 is 47.0 Å². The number of nitrogens with two attached hydrogens (primary N) is 1. The van der Waals surface area contributed by atoms with Gasteiger partial charge in [0, 0.05) is 37.6 Å². The zero-order chi connectivity index (χ0) is 19.1. The van der Waals surface area contributed by atoms with Gasteiger partial charge in [-0.25, -0.2) is 9.38 Å². The van der Waals surface area contributed by atoms with Crippen molar-refractivity contribution in [2.24, 2.45) is 10.7 Å². The Morgan fingerprint density at radius 3 is 2.68 bits per heavy atom. The van der Waals surface area contributed by atoms with E-state index < -0.39 is 0 Å². The van der Waals surface area contributed by atoms with Crippen molar-refractivity contribution in [3.63, 3.8) is 0 Å². The molecule has 1 aromatic carbocycles. The Labute approximate surface area is 187 Å². The SMILES string of the molecule is CCN1CCN(c2ccc(CN=C(N)NCCc3cccs3)cc2F)CC1.I. The number of thiophene rings is 1. The Morgan fingerprint density at radius 1 is 1.25 bits per heavy atom. The van der Waals surface area contributed by atoms with Crippen LogP contribution in [0.15, 0.2) is 40.7 Å². The van der Waals surface area contributed by atoms with Gasteiger partial charge in [-0.05, 0) is 42.1 Å². The zero-order valence-electron chi connectivity index (χ0n) is 16.2. The molecule has 154 valence electrons. The average molecular weight is 517 g/mol. The van der Waals surface area contributed by atoms with E-state index in [9.17, 15) is 4.39 Å². The number of nitrogens with one attached hydrogen (secondary N) is 1. The fourth-order valence-electron chi connectivity index (χ4n) is 3.21. The van der Waals surface area contributed by atoms with E-state index in [1.807, 2.05) is 18.2 Å². The highest BCUT2D eigenvalue weighted by molar-refractivity contribution is 14.0. The van der Waals surface area contributed by atoms with Crippen molar-refractivity contribution in [3.05, 3.63) is 52.0 Å². The van der Waals surface area contributed by atoms with Crippen LogP contribution in [0.4, 0.5) is 10.1 Å². The molecule has 0 bridgehead atoms. The molecular weight excluding hydrogens is 488 g/mol. The van der Waals surface area contributed by atoms with Crippen LogP contribution in [0.25, 0.3) is 0 Å². The number of rotatable bonds is 7. The van der Waals surface area contributed by atoms with Gasteiger partial charge in [-0.15, -0.1) is 35.3 Å². The van der Waals surface area contributed by atoms with E-state index in [1.54, 1.807) is 17.4 Å². The number of benzene rings is 1. The minimum absolute atomic E-state index is 0. The lowest BCUT2D eigenvalue weighted by molar-refractivity contribution is 0.270. The third-order valence-corrected chi connectivity index (χ3v) is 5.80. The van der Waals surface area contributed by atoms with Crippen LogP contribution >= 0.6 is 35.3 Å². The first-order valence-electron chi connectivity index (χ1n) is 9.47. The fourth-order valence-corrected chi connectivity index (χ4v) is 3.92. The molecule has 0 spiro atoms. The van der Waals surface area contributed by atoms with E-state index in [0.29, 0.717) is 18.2 Å². The molecular formula is C20H29FIN5S. The number of aliphatic imine (C=N–C) groups is 1. The number of nitrogens with zero attached hydrogens (tertiary/aromatic N) is 3. The minimum Gasteiger partial charge on any atom is -0.370 e. The first-order chi connectivity index (χ1) is 13.2. The summed E-state index contributed by atoms with van der Waals surface area (Å²) >= 11 is 1.73. The highest BCUT2D eigenvalue weighted by Crippen LogP contribution is 2.22. The van der Waals surface area contributed by atoms with Crippen LogP contribution in [0.3, 0.4) is 0 Å². The third kappa shape index (κ3) is 6.59. The first kappa shape index (κ1) is 22.9. The minimum atomic E-state index is -0.183.